The van der Waals surface area contributed by atoms with E-state index in [1.165, 1.54) is 24.1 Å². The number of nitrogens with one attached hydrogen (secondary N) is 1. The molecule has 1 N–H and O–H groups in total. The lowest BCUT2D eigenvalue weighted by atomic mass is 10.1. The van der Waals surface area contributed by atoms with Gasteiger partial charge in [-0.05, 0) is 36.8 Å². The van der Waals surface area contributed by atoms with Gasteiger partial charge >= 0.3 is 0 Å². The number of hydrogen-bond acceptors (Lipinski definition) is 5. The Labute approximate surface area is 189 Å². The zero-order valence-electron chi connectivity index (χ0n) is 17.0. The summed E-state index contributed by atoms with van der Waals surface area (Å²) in [6.45, 7) is 1.46. The summed E-state index contributed by atoms with van der Waals surface area (Å²) in [5.41, 5.74) is 0.899. The molecule has 0 unspecified atom stereocenters. The molecule has 1 aliphatic rings. The molecule has 0 saturated carbocycles. The van der Waals surface area contributed by atoms with Gasteiger partial charge in [0.2, 0.25) is 11.8 Å². The first-order valence-electron chi connectivity index (χ1n) is 9.58. The van der Waals surface area contributed by atoms with Gasteiger partial charge in [-0.2, -0.15) is 0 Å². The average molecular weight is 508 g/mol. The second-order valence-corrected chi connectivity index (χ2v) is 9.82. The summed E-state index contributed by atoms with van der Waals surface area (Å²) < 4.78 is 27.0. The van der Waals surface area contributed by atoms with Gasteiger partial charge in [0.25, 0.3) is 15.9 Å². The molecule has 0 bridgehead atoms. The van der Waals surface area contributed by atoms with Gasteiger partial charge < -0.3 is 10.2 Å². The monoisotopic (exact) mass is 507 g/mol. The summed E-state index contributed by atoms with van der Waals surface area (Å²) in [4.78, 5) is 39.1. The zero-order chi connectivity index (χ0) is 22.8. The van der Waals surface area contributed by atoms with Gasteiger partial charge in [0.1, 0.15) is 10.9 Å². The fourth-order valence-electron chi connectivity index (χ4n) is 3.42. The van der Waals surface area contributed by atoms with Gasteiger partial charge in [-0.25, -0.2) is 12.7 Å². The molecule has 1 atom stereocenters. The maximum absolute atomic E-state index is 13.0. The highest BCUT2D eigenvalue weighted by molar-refractivity contribution is 9.10. The SMILES string of the molecule is CNC(=O)[C@@H](C)N(Cc1cccc(Br)c1)C(=O)CCN1C(=O)c2ccccc2S1(=O)=O. The minimum Gasteiger partial charge on any atom is -0.357 e. The predicted octanol–water partition coefficient (Wildman–Crippen LogP) is 2.15. The number of hydrogen-bond donors (Lipinski definition) is 1. The average Bonchev–Trinajstić information content (AvgIpc) is 2.95. The third-order valence-electron chi connectivity index (χ3n) is 5.10. The third kappa shape index (κ3) is 4.64. The number of sulfonamides is 1. The molecule has 10 heteroatoms. The van der Waals surface area contributed by atoms with Gasteiger partial charge in [-0.15, -0.1) is 0 Å². The molecule has 3 amide bonds. The molecule has 164 valence electrons. The number of carbonyl (C=O) groups excluding carboxylic acids is 3. The number of benzene rings is 2. The lowest BCUT2D eigenvalue weighted by molar-refractivity contribution is -0.140. The van der Waals surface area contributed by atoms with Crippen molar-refractivity contribution in [3.63, 3.8) is 0 Å². The van der Waals surface area contributed by atoms with Crippen LogP contribution in [0, 0.1) is 0 Å². The van der Waals surface area contributed by atoms with Crippen molar-refractivity contribution in [2.45, 2.75) is 30.8 Å². The smallest absolute Gasteiger partial charge is 0.269 e. The number of carbonyl (C=O) groups is 3. The van der Waals surface area contributed by atoms with Crippen molar-refractivity contribution in [1.82, 2.24) is 14.5 Å². The van der Waals surface area contributed by atoms with Gasteiger partial charge in [-0.1, -0.05) is 40.2 Å². The number of likely N-dealkylation sites (N-methyl/N-ethyl adjacent to an activating group) is 1. The second kappa shape index (κ2) is 9.19. The Morgan fingerprint density at radius 3 is 2.52 bits per heavy atom. The number of amides is 3. The Balaban J connectivity index is 1.79. The number of fused-ring (bicyclic) bond motifs is 1. The summed E-state index contributed by atoms with van der Waals surface area (Å²) in [5.74, 6) is -1.43. The normalized spacial score (nSPS) is 15.3. The van der Waals surface area contributed by atoms with Crippen LogP contribution in [0.3, 0.4) is 0 Å². The first-order chi connectivity index (χ1) is 14.7. The molecule has 8 nitrogen and oxygen atoms in total. The van der Waals surface area contributed by atoms with E-state index >= 15 is 0 Å². The van der Waals surface area contributed by atoms with Crippen LogP contribution in [0.25, 0.3) is 0 Å². The minimum absolute atomic E-state index is 0.0582. The van der Waals surface area contributed by atoms with Crippen molar-refractivity contribution in [3.05, 3.63) is 64.1 Å². The molecule has 0 spiro atoms. The van der Waals surface area contributed by atoms with Crippen molar-refractivity contribution < 1.29 is 22.8 Å². The number of nitrogens with zero attached hydrogens (tertiary/aromatic N) is 2. The standard InChI is InChI=1S/C21H22BrN3O5S/c1-14(20(27)23-2)24(13-15-6-5-7-16(22)12-15)19(26)10-11-25-21(28)17-8-3-4-9-18(17)31(25,29)30/h3-9,12,14H,10-11,13H2,1-2H3,(H,23,27)/t14-/m1/s1. The van der Waals surface area contributed by atoms with E-state index < -0.39 is 27.9 Å². The molecular weight excluding hydrogens is 486 g/mol. The molecule has 3 rings (SSSR count). The quantitative estimate of drug-likeness (QED) is 0.618. The van der Waals surface area contributed by atoms with Gasteiger partial charge in [0, 0.05) is 31.0 Å². The summed E-state index contributed by atoms with van der Waals surface area (Å²) in [5, 5.41) is 2.52. The van der Waals surface area contributed by atoms with Crippen molar-refractivity contribution in [3.8, 4) is 0 Å². The van der Waals surface area contributed by atoms with Crippen molar-refractivity contribution in [1.29, 1.82) is 0 Å². The Morgan fingerprint density at radius 1 is 1.16 bits per heavy atom. The van der Waals surface area contributed by atoms with Gasteiger partial charge in [0.15, 0.2) is 0 Å². The number of rotatable bonds is 7. The Hall–Kier alpha value is -2.72. The Bertz CT molecular complexity index is 1140. The van der Waals surface area contributed by atoms with E-state index in [0.29, 0.717) is 0 Å². The summed E-state index contributed by atoms with van der Waals surface area (Å²) in [6.07, 6.45) is -0.242. The molecule has 1 heterocycles. The molecule has 0 aliphatic carbocycles. The molecule has 0 saturated heterocycles. The van der Waals surface area contributed by atoms with E-state index in [0.717, 1.165) is 14.3 Å². The summed E-state index contributed by atoms with van der Waals surface area (Å²) >= 11 is 3.38. The zero-order valence-corrected chi connectivity index (χ0v) is 19.4. The Morgan fingerprint density at radius 2 is 1.87 bits per heavy atom. The maximum Gasteiger partial charge on any atom is 0.269 e. The fourth-order valence-corrected chi connectivity index (χ4v) is 5.43. The minimum atomic E-state index is -4.00. The number of halogens is 1. The highest BCUT2D eigenvalue weighted by Gasteiger charge is 2.41. The highest BCUT2D eigenvalue weighted by atomic mass is 79.9. The van der Waals surface area contributed by atoms with Crippen LogP contribution in [0.15, 0.2) is 57.9 Å². The van der Waals surface area contributed by atoms with E-state index in [4.69, 9.17) is 0 Å². The van der Waals surface area contributed by atoms with Crippen molar-refractivity contribution >= 4 is 43.7 Å². The predicted molar refractivity (Wildman–Crippen MR) is 118 cm³/mol. The lowest BCUT2D eigenvalue weighted by Gasteiger charge is -2.29. The Kier molecular flexibility index (Phi) is 6.80. The van der Waals surface area contributed by atoms with E-state index in [9.17, 15) is 22.8 Å². The molecule has 1 aliphatic heterocycles. The first-order valence-corrected chi connectivity index (χ1v) is 11.8. The fraction of sp³-hybridized carbons (Fsp3) is 0.286. The maximum atomic E-state index is 13.0. The van der Waals surface area contributed by atoms with Crippen LogP contribution in [0.4, 0.5) is 0 Å². The molecule has 0 aromatic heterocycles. The lowest BCUT2D eigenvalue weighted by Crippen LogP contribution is -2.47. The molecule has 31 heavy (non-hydrogen) atoms. The molecule has 0 radical (unpaired) electrons. The van der Waals surface area contributed by atoms with Gasteiger partial charge in [-0.3, -0.25) is 14.4 Å². The highest BCUT2D eigenvalue weighted by Crippen LogP contribution is 2.30. The van der Waals surface area contributed by atoms with Crippen LogP contribution in [-0.4, -0.2) is 55.0 Å². The molecule has 2 aromatic carbocycles. The van der Waals surface area contributed by atoms with Crippen molar-refractivity contribution in [2.24, 2.45) is 0 Å². The topological polar surface area (TPSA) is 104 Å². The third-order valence-corrected chi connectivity index (χ3v) is 7.43. The van der Waals surface area contributed by atoms with Crippen LogP contribution in [-0.2, 0) is 26.2 Å². The van der Waals surface area contributed by atoms with E-state index in [-0.39, 0.29) is 35.9 Å². The van der Waals surface area contributed by atoms with Crippen LogP contribution in [0.1, 0.15) is 29.3 Å². The molecular formula is C21H22BrN3O5S. The van der Waals surface area contributed by atoms with E-state index in [1.807, 2.05) is 24.3 Å². The van der Waals surface area contributed by atoms with Crippen molar-refractivity contribution in [2.75, 3.05) is 13.6 Å². The van der Waals surface area contributed by atoms with Gasteiger partial charge in [0.05, 0.1) is 5.56 Å². The summed E-state index contributed by atoms with van der Waals surface area (Å²) in [6, 6.07) is 12.5. The van der Waals surface area contributed by atoms with Crippen LogP contribution in [0.5, 0.6) is 0 Å². The molecule has 0 fully saturated rings. The largest absolute Gasteiger partial charge is 0.357 e. The van der Waals surface area contributed by atoms with E-state index in [1.54, 1.807) is 19.1 Å². The summed E-state index contributed by atoms with van der Waals surface area (Å²) in [7, 11) is -2.52. The second-order valence-electron chi connectivity index (χ2n) is 7.07. The first kappa shape index (κ1) is 23.0. The molecule has 2 aromatic rings. The van der Waals surface area contributed by atoms with Crippen LogP contribution < -0.4 is 5.32 Å². The van der Waals surface area contributed by atoms with Crippen LogP contribution in [0.2, 0.25) is 0 Å². The van der Waals surface area contributed by atoms with Crippen LogP contribution >= 0.6 is 15.9 Å². The van der Waals surface area contributed by atoms with E-state index in [2.05, 4.69) is 21.2 Å².